The van der Waals surface area contributed by atoms with E-state index in [1.807, 2.05) is 0 Å². The number of hydrogen-bond donors (Lipinski definition) is 13. The summed E-state index contributed by atoms with van der Waals surface area (Å²) in [5, 5.41) is 119. The first-order valence-corrected chi connectivity index (χ1v) is 28.1. The molecule has 0 aromatic rings. The van der Waals surface area contributed by atoms with Gasteiger partial charge in [-0.1, -0.05) is 154 Å². The van der Waals surface area contributed by atoms with Gasteiger partial charge < -0.3 is 95.6 Å². The van der Waals surface area contributed by atoms with Crippen LogP contribution in [0.5, 0.6) is 0 Å². The Kier molecular flexibility index (Phi) is 33.8. The molecule has 0 bridgehead atoms. The van der Waals surface area contributed by atoms with E-state index in [1.165, 1.54) is 77.0 Å². The molecular weight excluding hydrogens is 969 g/mol. The number of aliphatic hydroxyl groups is 10. The lowest BCUT2D eigenvalue weighted by molar-refractivity contribution is -0.347. The lowest BCUT2D eigenvalue weighted by Crippen LogP contribution is -2.67. The molecule has 18 atom stereocenters. The highest BCUT2D eigenvalue weighted by molar-refractivity contribution is 5.80. The van der Waals surface area contributed by atoms with Crippen LogP contribution in [-0.2, 0) is 38.0 Å². The van der Waals surface area contributed by atoms with Gasteiger partial charge in [-0.2, -0.15) is 0 Å². The molecule has 3 saturated heterocycles. The fraction of sp³-hybridized carbons (Fsp3) is 0.925. The lowest BCUT2D eigenvalue weighted by Gasteiger charge is -2.46. The maximum Gasteiger partial charge on any atom is 0.335 e. The van der Waals surface area contributed by atoms with Crippen LogP contribution >= 0.6 is 0 Å². The van der Waals surface area contributed by atoms with Crippen LogP contribution in [-0.4, -0.2) is 198 Å². The number of aliphatic carboxylic acids is 1. The van der Waals surface area contributed by atoms with Crippen LogP contribution in [0.15, 0.2) is 12.2 Å². The molecule has 0 spiro atoms. The van der Waals surface area contributed by atoms with Crippen molar-refractivity contribution in [2.45, 2.75) is 291 Å². The molecule has 2 unspecified atom stereocenters. The number of allylic oxidation sites excluding steroid dienone is 2. The second kappa shape index (κ2) is 37.7. The average Bonchev–Trinajstić information content (AvgIpc) is 3.38. The van der Waals surface area contributed by atoms with Gasteiger partial charge in [0, 0.05) is 0 Å². The molecule has 74 heavy (non-hydrogen) atoms. The van der Waals surface area contributed by atoms with Gasteiger partial charge in [-0.15, -0.1) is 0 Å². The third-order valence-electron chi connectivity index (χ3n) is 14.5. The summed E-state index contributed by atoms with van der Waals surface area (Å²) in [5.41, 5.74) is 6.11. The van der Waals surface area contributed by atoms with E-state index in [0.717, 1.165) is 64.2 Å². The molecule has 0 radical (unpaired) electrons. The third kappa shape index (κ3) is 23.1. The zero-order chi connectivity index (χ0) is 54.4. The maximum atomic E-state index is 13.4. The van der Waals surface area contributed by atoms with Crippen molar-refractivity contribution in [3.63, 3.8) is 0 Å². The molecular formula is C53H98N2O19. The van der Waals surface area contributed by atoms with Crippen molar-refractivity contribution in [2.24, 2.45) is 5.73 Å². The third-order valence-corrected chi connectivity index (χ3v) is 14.5. The van der Waals surface area contributed by atoms with Crippen molar-refractivity contribution in [2.75, 3.05) is 19.8 Å². The second-order valence-corrected chi connectivity index (χ2v) is 20.7. The molecule has 0 saturated carbocycles. The first-order valence-electron chi connectivity index (χ1n) is 28.1. The molecule has 0 aromatic carbocycles. The van der Waals surface area contributed by atoms with Crippen LogP contribution in [0.3, 0.4) is 0 Å². The highest BCUT2D eigenvalue weighted by atomic mass is 16.7. The first kappa shape index (κ1) is 66.3. The van der Waals surface area contributed by atoms with Crippen molar-refractivity contribution in [1.82, 2.24) is 5.32 Å². The number of carboxylic acids is 1. The summed E-state index contributed by atoms with van der Waals surface area (Å²) >= 11 is 0. The molecule has 0 aliphatic carbocycles. The molecule has 21 nitrogen and oxygen atoms in total. The summed E-state index contributed by atoms with van der Waals surface area (Å²) in [7, 11) is 0. The van der Waals surface area contributed by atoms with Gasteiger partial charge in [0.05, 0.1) is 38.0 Å². The lowest BCUT2D eigenvalue weighted by atomic mass is 9.95. The first-order chi connectivity index (χ1) is 35.6. The number of ether oxygens (including phenoxy) is 6. The molecule has 14 N–H and O–H groups in total. The van der Waals surface area contributed by atoms with Gasteiger partial charge >= 0.3 is 5.97 Å². The summed E-state index contributed by atoms with van der Waals surface area (Å²) < 4.78 is 33.7. The predicted molar refractivity (Wildman–Crippen MR) is 272 cm³/mol. The fourth-order valence-corrected chi connectivity index (χ4v) is 9.57. The number of amides is 1. The smallest absolute Gasteiger partial charge is 0.335 e. The minimum atomic E-state index is -2.07. The minimum absolute atomic E-state index is 0.204. The van der Waals surface area contributed by atoms with Gasteiger partial charge in [-0.05, 0) is 38.5 Å². The highest BCUT2D eigenvalue weighted by Crippen LogP contribution is 2.31. The Balaban J connectivity index is 1.58. The van der Waals surface area contributed by atoms with E-state index in [0.29, 0.717) is 12.8 Å². The molecule has 21 heteroatoms. The Labute approximate surface area is 439 Å². The van der Waals surface area contributed by atoms with Crippen molar-refractivity contribution >= 4 is 11.9 Å². The average molecular weight is 1070 g/mol. The van der Waals surface area contributed by atoms with Gasteiger partial charge in [0.2, 0.25) is 5.91 Å². The Morgan fingerprint density at radius 3 is 1.59 bits per heavy atom. The minimum Gasteiger partial charge on any atom is -0.479 e. The molecule has 3 heterocycles. The number of hydrogen-bond acceptors (Lipinski definition) is 19. The monoisotopic (exact) mass is 1070 g/mol. The van der Waals surface area contributed by atoms with E-state index < -0.39 is 142 Å². The van der Waals surface area contributed by atoms with Crippen molar-refractivity contribution in [1.29, 1.82) is 0 Å². The standard InChI is InChI=1S/C53H98N2O19/c1-3-5-7-9-11-13-15-17-19-21-23-25-27-29-35(57)34(55-49(66)36(58)30-28-26-24-22-20-18-16-14-12-10-8-6-4-2)32-69-53-46(65)44(63)47(48(74-53)50(67)68)73-51-39(54)42(61)41(60)38(72-51)33-70-52-45(64)43(62)40(59)37(31-56)71-52/h13,15,34-48,51-53,56-65H,3-12,14,16-33,54H2,1-2H3,(H,55,66)(H,67,68)/b15-13-/t34?,35?,36-,37+,38+,39+,40-,41+,42+,43-,44+,45+,46+,47-,48-,51+,52-,53-/m0/s1. The fourth-order valence-electron chi connectivity index (χ4n) is 9.57. The van der Waals surface area contributed by atoms with Crippen LogP contribution in [0.2, 0.25) is 0 Å². The quantitative estimate of drug-likeness (QED) is 0.0310. The number of carboxylic acid groups (broad SMARTS) is 1. The van der Waals surface area contributed by atoms with Crippen molar-refractivity contribution < 1.29 is 94.2 Å². The van der Waals surface area contributed by atoms with Crippen LogP contribution in [0.25, 0.3) is 0 Å². The normalized spacial score (nSPS) is 31.9. The molecule has 3 aliphatic heterocycles. The number of carbonyl (C=O) groups is 2. The molecule has 3 fully saturated rings. The number of carbonyl (C=O) groups excluding carboxylic acids is 1. The second-order valence-electron chi connectivity index (χ2n) is 20.7. The number of aliphatic hydroxyl groups excluding tert-OH is 10. The summed E-state index contributed by atoms with van der Waals surface area (Å²) in [4.78, 5) is 26.0. The number of nitrogens with two attached hydrogens (primary N) is 1. The zero-order valence-corrected chi connectivity index (χ0v) is 44.3. The van der Waals surface area contributed by atoms with Crippen LogP contribution in [0, 0.1) is 0 Å². The van der Waals surface area contributed by atoms with E-state index >= 15 is 0 Å². The van der Waals surface area contributed by atoms with Gasteiger partial charge in [-0.3, -0.25) is 4.79 Å². The summed E-state index contributed by atoms with van der Waals surface area (Å²) in [5.74, 6) is -2.41. The van der Waals surface area contributed by atoms with Crippen molar-refractivity contribution in [3.05, 3.63) is 12.2 Å². The zero-order valence-electron chi connectivity index (χ0n) is 44.3. The summed E-state index contributed by atoms with van der Waals surface area (Å²) in [6, 6.07) is -2.71. The summed E-state index contributed by atoms with van der Waals surface area (Å²) in [6.07, 6.45) is 3.73. The molecule has 1 amide bonds. The van der Waals surface area contributed by atoms with Gasteiger partial charge in [0.15, 0.2) is 25.0 Å². The van der Waals surface area contributed by atoms with E-state index in [1.54, 1.807) is 0 Å². The van der Waals surface area contributed by atoms with E-state index in [4.69, 9.17) is 34.2 Å². The van der Waals surface area contributed by atoms with Gasteiger partial charge in [0.25, 0.3) is 0 Å². The maximum absolute atomic E-state index is 13.4. The summed E-state index contributed by atoms with van der Waals surface area (Å²) in [6.45, 7) is 2.48. The van der Waals surface area contributed by atoms with Gasteiger partial charge in [-0.25, -0.2) is 4.79 Å². The molecule has 3 rings (SSSR count). The molecule has 434 valence electrons. The predicted octanol–water partition coefficient (Wildman–Crippen LogP) is 2.46. The topological polar surface area (TPSA) is 350 Å². The van der Waals surface area contributed by atoms with E-state index in [2.05, 4.69) is 31.3 Å². The Hall–Kier alpha value is -2.00. The Morgan fingerprint density at radius 1 is 0.568 bits per heavy atom. The van der Waals surface area contributed by atoms with Gasteiger partial charge in [0.1, 0.15) is 67.1 Å². The van der Waals surface area contributed by atoms with Crippen LogP contribution < -0.4 is 11.1 Å². The van der Waals surface area contributed by atoms with Crippen molar-refractivity contribution in [3.8, 4) is 0 Å². The number of rotatable bonds is 40. The largest absolute Gasteiger partial charge is 0.479 e. The van der Waals surface area contributed by atoms with E-state index in [-0.39, 0.29) is 12.8 Å². The SMILES string of the molecule is CCCCCC/C=C\CCCCCCCC(O)C(CO[C@H]1O[C@H](C(=O)O)[C@@H](O[C@H]2O[C@H](CO[C@H]3O[C@H](CO)[C@H](O)[C@H](O)[C@H]3O)[C@@H](O)[C@H](O)[C@H]2N)[C@H](O)[C@H]1O)NC(=O)[C@@H](O)CCCCCCCCCCCCCCC. The van der Waals surface area contributed by atoms with Crippen LogP contribution in [0.1, 0.15) is 181 Å². The van der Waals surface area contributed by atoms with Crippen LogP contribution in [0.4, 0.5) is 0 Å². The number of nitrogens with one attached hydrogen (secondary N) is 1. The molecule has 3 aliphatic rings. The highest BCUT2D eigenvalue weighted by Gasteiger charge is 2.53. The van der Waals surface area contributed by atoms with E-state index in [9.17, 15) is 65.8 Å². The molecule has 0 aromatic heterocycles. The Morgan fingerprint density at radius 2 is 1.04 bits per heavy atom. The number of unbranched alkanes of at least 4 members (excludes halogenated alkanes) is 21. The Bertz CT molecular complexity index is 1500.